The van der Waals surface area contributed by atoms with E-state index in [1.165, 1.54) is 17.3 Å². The third-order valence-electron chi connectivity index (χ3n) is 3.98. The molecular formula is C14H17FN2O2. The lowest BCUT2D eigenvalue weighted by atomic mass is 10.0. The summed E-state index contributed by atoms with van der Waals surface area (Å²) < 4.78 is 12.8. The van der Waals surface area contributed by atoms with E-state index in [1.54, 1.807) is 6.07 Å². The summed E-state index contributed by atoms with van der Waals surface area (Å²) in [6, 6.07) is 2.85. The summed E-state index contributed by atoms with van der Waals surface area (Å²) in [4.78, 5) is 21.5. The minimum Gasteiger partial charge on any atom is -0.272 e. The quantitative estimate of drug-likeness (QED) is 0.788. The molecule has 1 amide bonds. The van der Waals surface area contributed by atoms with Crippen molar-refractivity contribution >= 4 is 5.91 Å². The van der Waals surface area contributed by atoms with Crippen LogP contribution in [0.2, 0.25) is 0 Å². The van der Waals surface area contributed by atoms with Gasteiger partial charge in [-0.2, -0.15) is 4.39 Å². The third kappa shape index (κ3) is 2.47. The Bertz CT molecular complexity index is 473. The molecule has 0 bridgehead atoms. The number of halogens is 1. The highest BCUT2D eigenvalue weighted by Gasteiger charge is 2.40. The van der Waals surface area contributed by atoms with Crippen LogP contribution in [0.3, 0.4) is 0 Å². The highest BCUT2D eigenvalue weighted by Crippen LogP contribution is 2.40. The van der Waals surface area contributed by atoms with Gasteiger partial charge in [0.2, 0.25) is 11.9 Å². The van der Waals surface area contributed by atoms with Crippen molar-refractivity contribution in [2.45, 2.75) is 32.2 Å². The van der Waals surface area contributed by atoms with Gasteiger partial charge in [0.05, 0.1) is 12.6 Å². The fourth-order valence-electron chi connectivity index (χ4n) is 2.57. The number of carbonyl (C=O) groups is 1. The maximum absolute atomic E-state index is 12.8. The Kier molecular flexibility index (Phi) is 3.22. The van der Waals surface area contributed by atoms with Crippen LogP contribution in [0.1, 0.15) is 37.8 Å². The molecule has 19 heavy (non-hydrogen) atoms. The van der Waals surface area contributed by atoms with Crippen LogP contribution in [-0.2, 0) is 9.63 Å². The normalized spacial score (nSPS) is 24.5. The zero-order valence-electron chi connectivity index (χ0n) is 10.9. The lowest BCUT2D eigenvalue weighted by molar-refractivity contribution is -0.182. The van der Waals surface area contributed by atoms with E-state index >= 15 is 0 Å². The molecular weight excluding hydrogens is 247 g/mol. The van der Waals surface area contributed by atoms with E-state index in [1.807, 2.05) is 6.92 Å². The van der Waals surface area contributed by atoms with Gasteiger partial charge in [0.15, 0.2) is 0 Å². The Balaban J connectivity index is 1.77. The van der Waals surface area contributed by atoms with Crippen molar-refractivity contribution in [1.82, 2.24) is 10.0 Å². The largest absolute Gasteiger partial charge is 0.272 e. The fourth-order valence-corrected chi connectivity index (χ4v) is 2.57. The Morgan fingerprint density at radius 2 is 2.26 bits per heavy atom. The highest BCUT2D eigenvalue weighted by atomic mass is 19.1. The standard InChI is InChI=1S/C14H17FN2O2/c1-9(10-2-3-10)14(18)17-12(6-7-19-17)11-4-5-13(15)16-8-11/h4-5,8-10,12H,2-3,6-7H2,1H3/t9?,12-/m0/s1. The SMILES string of the molecule is CC(C(=O)N1OCC[C@H]1c1ccc(F)nc1)C1CC1. The number of aromatic nitrogens is 1. The molecule has 1 saturated heterocycles. The third-order valence-corrected chi connectivity index (χ3v) is 3.98. The van der Waals surface area contributed by atoms with Gasteiger partial charge in [-0.05, 0) is 30.4 Å². The predicted molar refractivity (Wildman–Crippen MR) is 66.2 cm³/mol. The second-order valence-electron chi connectivity index (χ2n) is 5.34. The van der Waals surface area contributed by atoms with Crippen molar-refractivity contribution in [3.05, 3.63) is 29.8 Å². The first-order chi connectivity index (χ1) is 9.16. The molecule has 0 spiro atoms. The Morgan fingerprint density at radius 1 is 1.47 bits per heavy atom. The molecule has 5 heteroatoms. The van der Waals surface area contributed by atoms with Gasteiger partial charge >= 0.3 is 0 Å². The van der Waals surface area contributed by atoms with Crippen molar-refractivity contribution in [2.75, 3.05) is 6.61 Å². The summed E-state index contributed by atoms with van der Waals surface area (Å²) in [7, 11) is 0. The van der Waals surface area contributed by atoms with Gasteiger partial charge < -0.3 is 0 Å². The maximum atomic E-state index is 12.8. The van der Waals surface area contributed by atoms with Crippen LogP contribution in [0.5, 0.6) is 0 Å². The summed E-state index contributed by atoms with van der Waals surface area (Å²) in [5, 5.41) is 1.47. The number of pyridine rings is 1. The van der Waals surface area contributed by atoms with Crippen LogP contribution in [0.15, 0.2) is 18.3 Å². The monoisotopic (exact) mass is 264 g/mol. The number of carbonyl (C=O) groups excluding carboxylic acids is 1. The minimum atomic E-state index is -0.508. The second-order valence-corrected chi connectivity index (χ2v) is 5.34. The summed E-state index contributed by atoms with van der Waals surface area (Å²) >= 11 is 0. The molecule has 2 aliphatic rings. The van der Waals surface area contributed by atoms with E-state index in [0.717, 1.165) is 24.8 Å². The highest BCUT2D eigenvalue weighted by molar-refractivity contribution is 5.78. The minimum absolute atomic E-state index is 0.00834. The van der Waals surface area contributed by atoms with Gasteiger partial charge in [-0.15, -0.1) is 0 Å². The number of amides is 1. The first-order valence-electron chi connectivity index (χ1n) is 6.74. The molecule has 1 aliphatic carbocycles. The Hall–Kier alpha value is -1.49. The van der Waals surface area contributed by atoms with Crippen LogP contribution in [0.25, 0.3) is 0 Å². The summed E-state index contributed by atoms with van der Waals surface area (Å²) in [5.74, 6) is 0.0407. The van der Waals surface area contributed by atoms with Crippen LogP contribution in [0, 0.1) is 17.8 Å². The molecule has 4 nitrogen and oxygen atoms in total. The molecule has 2 atom stereocenters. The summed E-state index contributed by atoms with van der Waals surface area (Å²) in [5.41, 5.74) is 0.829. The number of hydrogen-bond donors (Lipinski definition) is 0. The van der Waals surface area contributed by atoms with Gasteiger partial charge in [-0.3, -0.25) is 9.63 Å². The molecule has 0 N–H and O–H groups in total. The summed E-state index contributed by atoms with van der Waals surface area (Å²) in [6.07, 6.45) is 4.47. The van der Waals surface area contributed by atoms with Gasteiger partial charge in [0.1, 0.15) is 0 Å². The van der Waals surface area contributed by atoms with E-state index < -0.39 is 5.95 Å². The number of nitrogens with zero attached hydrogens (tertiary/aromatic N) is 2. The molecule has 0 radical (unpaired) electrons. The average Bonchev–Trinajstić information content (AvgIpc) is 3.16. The molecule has 1 aromatic rings. The number of rotatable bonds is 3. The van der Waals surface area contributed by atoms with Crippen LogP contribution < -0.4 is 0 Å². The van der Waals surface area contributed by atoms with Crippen LogP contribution >= 0.6 is 0 Å². The molecule has 102 valence electrons. The van der Waals surface area contributed by atoms with Crippen molar-refractivity contribution in [3.8, 4) is 0 Å². The molecule has 0 aromatic carbocycles. The molecule has 1 aliphatic heterocycles. The second kappa shape index (κ2) is 4.89. The smallest absolute Gasteiger partial charge is 0.249 e. The van der Waals surface area contributed by atoms with E-state index in [9.17, 15) is 9.18 Å². The Morgan fingerprint density at radius 3 is 2.89 bits per heavy atom. The number of hydrogen-bond acceptors (Lipinski definition) is 3. The summed E-state index contributed by atoms with van der Waals surface area (Å²) in [6.45, 7) is 2.48. The van der Waals surface area contributed by atoms with E-state index in [0.29, 0.717) is 12.5 Å². The first kappa shape index (κ1) is 12.5. The van der Waals surface area contributed by atoms with Crippen molar-refractivity contribution < 1.29 is 14.0 Å². The van der Waals surface area contributed by atoms with E-state index in [-0.39, 0.29) is 17.9 Å². The van der Waals surface area contributed by atoms with Gasteiger partial charge in [-0.25, -0.2) is 10.0 Å². The predicted octanol–water partition coefficient (Wildman–Crippen LogP) is 2.47. The molecule has 2 heterocycles. The van der Waals surface area contributed by atoms with Gasteiger partial charge in [0.25, 0.3) is 0 Å². The molecule has 1 unspecified atom stereocenters. The van der Waals surface area contributed by atoms with E-state index in [4.69, 9.17) is 4.84 Å². The molecule has 2 fully saturated rings. The lowest BCUT2D eigenvalue weighted by Gasteiger charge is -2.25. The van der Waals surface area contributed by atoms with Crippen molar-refractivity contribution in [3.63, 3.8) is 0 Å². The zero-order valence-corrected chi connectivity index (χ0v) is 10.9. The fraction of sp³-hybridized carbons (Fsp3) is 0.571. The van der Waals surface area contributed by atoms with Crippen molar-refractivity contribution in [2.24, 2.45) is 11.8 Å². The first-order valence-corrected chi connectivity index (χ1v) is 6.74. The topological polar surface area (TPSA) is 42.4 Å². The maximum Gasteiger partial charge on any atom is 0.249 e. The number of hydroxylamine groups is 2. The zero-order chi connectivity index (χ0) is 13.4. The van der Waals surface area contributed by atoms with Gasteiger partial charge in [0, 0.05) is 18.5 Å². The lowest BCUT2D eigenvalue weighted by Crippen LogP contribution is -2.34. The van der Waals surface area contributed by atoms with Crippen LogP contribution in [-0.4, -0.2) is 22.6 Å². The van der Waals surface area contributed by atoms with Gasteiger partial charge in [-0.1, -0.05) is 13.0 Å². The molecule has 1 saturated carbocycles. The molecule has 1 aromatic heterocycles. The molecule has 3 rings (SSSR count). The van der Waals surface area contributed by atoms with Crippen molar-refractivity contribution in [1.29, 1.82) is 0 Å². The Labute approximate surface area is 111 Å². The average molecular weight is 264 g/mol. The van der Waals surface area contributed by atoms with Crippen LogP contribution in [0.4, 0.5) is 4.39 Å². The van der Waals surface area contributed by atoms with E-state index in [2.05, 4.69) is 4.98 Å².